The van der Waals surface area contributed by atoms with Crippen LogP contribution in [-0.4, -0.2) is 28.8 Å². The van der Waals surface area contributed by atoms with Gasteiger partial charge >= 0.3 is 0 Å². The minimum atomic E-state index is -0.809. The van der Waals surface area contributed by atoms with Crippen molar-refractivity contribution in [2.45, 2.75) is 33.1 Å². The molecule has 0 aliphatic heterocycles. The molecule has 2 aromatic heterocycles. The molecule has 4 N–H and O–H groups in total. The molecule has 0 spiro atoms. The number of nitrogens with one attached hydrogen (secondary N) is 2. The summed E-state index contributed by atoms with van der Waals surface area (Å²) in [6.45, 7) is 7.31. The van der Waals surface area contributed by atoms with Crippen LogP contribution in [0.5, 0.6) is 0 Å². The van der Waals surface area contributed by atoms with Gasteiger partial charge in [0.15, 0.2) is 0 Å². The van der Waals surface area contributed by atoms with Crippen LogP contribution in [0.2, 0.25) is 0 Å². The van der Waals surface area contributed by atoms with Gasteiger partial charge in [-0.25, -0.2) is 0 Å². The summed E-state index contributed by atoms with van der Waals surface area (Å²) in [5, 5.41) is 15.0. The first kappa shape index (κ1) is 27.8. The fourth-order valence-electron chi connectivity index (χ4n) is 3.84. The Bertz CT molecular complexity index is 1450. The Balaban J connectivity index is 1.93. The molecule has 2 amide bonds. The molecule has 1 atom stereocenters. The van der Waals surface area contributed by atoms with E-state index < -0.39 is 5.41 Å². The van der Waals surface area contributed by atoms with E-state index in [0.29, 0.717) is 22.6 Å². The first-order chi connectivity index (χ1) is 18.1. The average Bonchev–Trinajstić information content (AvgIpc) is 2.93. The second-order valence-electron chi connectivity index (χ2n) is 9.46. The van der Waals surface area contributed by atoms with Gasteiger partial charge in [-0.3, -0.25) is 19.6 Å². The van der Waals surface area contributed by atoms with Crippen molar-refractivity contribution in [1.29, 1.82) is 5.26 Å². The van der Waals surface area contributed by atoms with Crippen LogP contribution in [-0.2, 0) is 10.2 Å². The molecule has 0 saturated heterocycles. The number of benzene rings is 1. The molecule has 0 aliphatic carbocycles. The lowest BCUT2D eigenvalue weighted by atomic mass is 9.90. The number of hydrogen-bond donors (Lipinski definition) is 3. The molecule has 1 aromatic carbocycles. The summed E-state index contributed by atoms with van der Waals surface area (Å²) < 4.78 is 0. The van der Waals surface area contributed by atoms with Gasteiger partial charge in [0, 0.05) is 30.7 Å². The number of aryl methyl sites for hydroxylation is 1. The molecule has 3 rings (SSSR count). The van der Waals surface area contributed by atoms with E-state index in [2.05, 4.69) is 26.7 Å². The SMILES string of the molecule is CNC(=O)C(C)/C=C(\C=C/N)c1cc(-c2cc(NC(=O)c3ccnc(C(C)(C)C#N)c3)ccc2C)ccn1. The molecule has 8 heteroatoms. The van der Waals surface area contributed by atoms with Crippen LogP contribution in [0.25, 0.3) is 16.7 Å². The van der Waals surface area contributed by atoms with Gasteiger partial charge in [-0.15, -0.1) is 0 Å². The predicted octanol–water partition coefficient (Wildman–Crippen LogP) is 4.74. The van der Waals surface area contributed by atoms with E-state index in [1.54, 1.807) is 52.2 Å². The van der Waals surface area contributed by atoms with Crippen LogP contribution in [0.3, 0.4) is 0 Å². The number of aromatic nitrogens is 2. The van der Waals surface area contributed by atoms with Gasteiger partial charge in [0.05, 0.1) is 28.8 Å². The molecule has 1 unspecified atom stereocenters. The number of nitriles is 1. The van der Waals surface area contributed by atoms with Crippen LogP contribution in [0.1, 0.15) is 48.1 Å². The maximum atomic E-state index is 13.0. The number of carbonyl (C=O) groups excluding carboxylic acids is 2. The number of amides is 2. The average molecular weight is 509 g/mol. The van der Waals surface area contributed by atoms with Crippen LogP contribution in [0, 0.1) is 24.2 Å². The van der Waals surface area contributed by atoms with Crippen molar-refractivity contribution in [1.82, 2.24) is 15.3 Å². The summed E-state index contributed by atoms with van der Waals surface area (Å²) >= 11 is 0. The second-order valence-corrected chi connectivity index (χ2v) is 9.46. The number of allylic oxidation sites excluding steroid dienone is 2. The maximum Gasteiger partial charge on any atom is 0.255 e. The quantitative estimate of drug-likeness (QED) is 0.376. The van der Waals surface area contributed by atoms with Gasteiger partial charge in [0.2, 0.25) is 5.91 Å². The number of nitrogens with two attached hydrogens (primary N) is 1. The highest BCUT2D eigenvalue weighted by atomic mass is 16.2. The predicted molar refractivity (Wildman–Crippen MR) is 150 cm³/mol. The van der Waals surface area contributed by atoms with Gasteiger partial charge in [0.25, 0.3) is 5.91 Å². The number of hydrogen-bond acceptors (Lipinski definition) is 6. The van der Waals surface area contributed by atoms with Gasteiger partial charge in [-0.05, 0) is 91.7 Å². The molecule has 0 saturated carbocycles. The number of anilines is 1. The number of nitrogens with zero attached hydrogens (tertiary/aromatic N) is 3. The molecule has 0 fully saturated rings. The second kappa shape index (κ2) is 12.0. The minimum absolute atomic E-state index is 0.110. The Labute approximate surface area is 223 Å². The van der Waals surface area contributed by atoms with Crippen LogP contribution in [0.4, 0.5) is 5.69 Å². The molecule has 8 nitrogen and oxygen atoms in total. The van der Waals surface area contributed by atoms with Crippen LogP contribution >= 0.6 is 0 Å². The van der Waals surface area contributed by atoms with Crippen molar-refractivity contribution >= 4 is 23.1 Å². The Morgan fingerprint density at radius 1 is 1.11 bits per heavy atom. The lowest BCUT2D eigenvalue weighted by molar-refractivity contribution is -0.122. The van der Waals surface area contributed by atoms with Crippen molar-refractivity contribution in [3.63, 3.8) is 0 Å². The normalized spacial score (nSPS) is 12.6. The fourth-order valence-corrected chi connectivity index (χ4v) is 3.84. The minimum Gasteiger partial charge on any atom is -0.405 e. The summed E-state index contributed by atoms with van der Waals surface area (Å²) in [6, 6.07) is 15.0. The molecule has 3 aromatic rings. The molecule has 2 heterocycles. The Kier molecular flexibility index (Phi) is 8.77. The monoisotopic (exact) mass is 508 g/mol. The van der Waals surface area contributed by atoms with E-state index in [1.165, 1.54) is 12.4 Å². The Morgan fingerprint density at radius 3 is 2.53 bits per heavy atom. The van der Waals surface area contributed by atoms with Gasteiger partial charge in [-0.1, -0.05) is 19.1 Å². The van der Waals surface area contributed by atoms with E-state index in [4.69, 9.17) is 5.73 Å². The third-order valence-electron chi connectivity index (χ3n) is 6.17. The van der Waals surface area contributed by atoms with E-state index in [1.807, 2.05) is 43.3 Å². The summed E-state index contributed by atoms with van der Waals surface area (Å²) in [4.78, 5) is 33.8. The summed E-state index contributed by atoms with van der Waals surface area (Å²) in [7, 11) is 1.60. The van der Waals surface area contributed by atoms with E-state index in [9.17, 15) is 14.9 Å². The topological polar surface area (TPSA) is 134 Å². The molecule has 38 heavy (non-hydrogen) atoms. The fraction of sp³-hybridized carbons (Fsp3) is 0.233. The van der Waals surface area contributed by atoms with Crippen molar-refractivity contribution in [2.75, 3.05) is 12.4 Å². The Morgan fingerprint density at radius 2 is 1.84 bits per heavy atom. The first-order valence-electron chi connectivity index (χ1n) is 12.2. The molecule has 0 aliphatic rings. The summed E-state index contributed by atoms with van der Waals surface area (Å²) in [5.74, 6) is -0.778. The third-order valence-corrected chi connectivity index (χ3v) is 6.17. The first-order valence-corrected chi connectivity index (χ1v) is 12.2. The highest BCUT2D eigenvalue weighted by Gasteiger charge is 2.22. The molecular weight excluding hydrogens is 476 g/mol. The van der Waals surface area contributed by atoms with E-state index in [0.717, 1.165) is 22.3 Å². The zero-order valence-corrected chi connectivity index (χ0v) is 22.2. The van der Waals surface area contributed by atoms with E-state index >= 15 is 0 Å². The Hall–Kier alpha value is -4.77. The van der Waals surface area contributed by atoms with E-state index in [-0.39, 0.29) is 17.7 Å². The smallest absolute Gasteiger partial charge is 0.255 e. The lowest BCUT2D eigenvalue weighted by Crippen LogP contribution is -2.24. The molecular formula is C30H32N6O2. The van der Waals surface area contributed by atoms with Gasteiger partial charge in [0.1, 0.15) is 0 Å². The van der Waals surface area contributed by atoms with Crippen molar-refractivity contribution in [2.24, 2.45) is 11.7 Å². The largest absolute Gasteiger partial charge is 0.405 e. The van der Waals surface area contributed by atoms with Crippen molar-refractivity contribution in [3.8, 4) is 17.2 Å². The molecule has 0 bridgehead atoms. The number of pyridine rings is 2. The van der Waals surface area contributed by atoms with Gasteiger partial charge < -0.3 is 16.4 Å². The van der Waals surface area contributed by atoms with Gasteiger partial charge in [-0.2, -0.15) is 5.26 Å². The zero-order chi connectivity index (χ0) is 27.9. The highest BCUT2D eigenvalue weighted by molar-refractivity contribution is 6.04. The number of rotatable bonds is 8. The van der Waals surface area contributed by atoms with Crippen molar-refractivity contribution in [3.05, 3.63) is 95.7 Å². The third kappa shape index (κ3) is 6.51. The summed E-state index contributed by atoms with van der Waals surface area (Å²) in [6.07, 6.45) is 8.18. The molecule has 194 valence electrons. The maximum absolute atomic E-state index is 13.0. The standard InChI is InChI=1S/C30H32N6O2/c1-19-6-7-24(36-29(38)23-10-13-35-27(16-23)30(3,4)18-32)17-25(19)21-9-12-34-26(15-21)22(8-11-31)14-20(2)28(37)33-5/h6-17,20H,31H2,1-5H3,(H,33,37)(H,36,38)/b11-8-,22-14+. The van der Waals surface area contributed by atoms with Crippen LogP contribution < -0.4 is 16.4 Å². The lowest BCUT2D eigenvalue weighted by Gasteiger charge is -2.15. The summed E-state index contributed by atoms with van der Waals surface area (Å²) in [5.41, 5.74) is 10.7. The molecule has 0 radical (unpaired) electrons. The zero-order valence-electron chi connectivity index (χ0n) is 22.2. The highest BCUT2D eigenvalue weighted by Crippen LogP contribution is 2.29. The van der Waals surface area contributed by atoms with Crippen molar-refractivity contribution < 1.29 is 9.59 Å². The van der Waals surface area contributed by atoms with Crippen LogP contribution in [0.15, 0.2) is 73.2 Å². The number of carbonyl (C=O) groups is 2.